The molecule has 1 heterocycles. The second-order valence-electron chi connectivity index (χ2n) is 7.36. The van der Waals surface area contributed by atoms with E-state index in [1.165, 1.54) is 5.56 Å². The molecule has 6 nitrogen and oxygen atoms in total. The largest absolute Gasteiger partial charge is 0.354 e. The Bertz CT molecular complexity index is 595. The van der Waals surface area contributed by atoms with E-state index in [0.717, 1.165) is 45.4 Å². The van der Waals surface area contributed by atoms with Crippen molar-refractivity contribution < 1.29 is 9.59 Å². The van der Waals surface area contributed by atoms with Crippen LogP contribution < -0.4 is 10.6 Å². The molecule has 1 aromatic rings. The first-order valence-electron chi connectivity index (χ1n) is 9.69. The summed E-state index contributed by atoms with van der Waals surface area (Å²) in [5.74, 6) is 0.216. The molecule has 2 N–H and O–H groups in total. The molecule has 1 saturated carbocycles. The second kappa shape index (κ2) is 9.14. The van der Waals surface area contributed by atoms with E-state index in [9.17, 15) is 9.59 Å². The minimum Gasteiger partial charge on any atom is -0.354 e. The Labute approximate surface area is 155 Å². The Balaban J connectivity index is 1.33. The van der Waals surface area contributed by atoms with E-state index in [1.807, 2.05) is 25.1 Å². The molecule has 0 radical (unpaired) electrons. The predicted octanol–water partition coefficient (Wildman–Crippen LogP) is 0.630. The van der Waals surface area contributed by atoms with Gasteiger partial charge in [-0.2, -0.15) is 0 Å². The number of nitrogens with zero attached hydrogens (tertiary/aromatic N) is 2. The van der Waals surface area contributed by atoms with E-state index in [1.54, 1.807) is 0 Å². The minimum atomic E-state index is -0.131. The number of carbonyl (C=O) groups is 2. The van der Waals surface area contributed by atoms with Crippen molar-refractivity contribution in [3.8, 4) is 0 Å². The van der Waals surface area contributed by atoms with Gasteiger partial charge in [-0.25, -0.2) is 0 Å². The van der Waals surface area contributed by atoms with E-state index >= 15 is 0 Å². The zero-order valence-electron chi connectivity index (χ0n) is 15.6. The van der Waals surface area contributed by atoms with Crippen LogP contribution in [0.15, 0.2) is 30.3 Å². The van der Waals surface area contributed by atoms with Crippen LogP contribution in [-0.4, -0.2) is 73.0 Å². The highest BCUT2D eigenvalue weighted by atomic mass is 16.2. The number of benzene rings is 1. The van der Waals surface area contributed by atoms with Crippen molar-refractivity contribution >= 4 is 11.8 Å². The Morgan fingerprint density at radius 2 is 1.81 bits per heavy atom. The third kappa shape index (κ3) is 5.81. The van der Waals surface area contributed by atoms with Gasteiger partial charge in [-0.15, -0.1) is 0 Å². The lowest BCUT2D eigenvalue weighted by atomic mass is 10.1. The molecule has 2 fully saturated rings. The van der Waals surface area contributed by atoms with Crippen LogP contribution >= 0.6 is 0 Å². The minimum absolute atomic E-state index is 0.0841. The van der Waals surface area contributed by atoms with Gasteiger partial charge in [-0.3, -0.25) is 19.4 Å². The van der Waals surface area contributed by atoms with Crippen LogP contribution in [0.4, 0.5) is 0 Å². The molecule has 0 aromatic heterocycles. The SMILES string of the molecule is C[C@H](C(=O)NCCc1ccccc1)N1CCN(CC(=O)NC2CC2)CC1. The molecule has 0 spiro atoms. The molecule has 0 unspecified atom stereocenters. The third-order valence-corrected chi connectivity index (χ3v) is 5.20. The monoisotopic (exact) mass is 358 g/mol. The molecular formula is C20H30N4O2. The van der Waals surface area contributed by atoms with Gasteiger partial charge in [0.05, 0.1) is 12.6 Å². The molecule has 1 atom stereocenters. The van der Waals surface area contributed by atoms with Crippen molar-refractivity contribution in [1.82, 2.24) is 20.4 Å². The lowest BCUT2D eigenvalue weighted by molar-refractivity contribution is -0.127. The average Bonchev–Trinajstić information content (AvgIpc) is 3.46. The van der Waals surface area contributed by atoms with Gasteiger partial charge in [-0.1, -0.05) is 30.3 Å². The first-order chi connectivity index (χ1) is 12.6. The summed E-state index contributed by atoms with van der Waals surface area (Å²) < 4.78 is 0. The number of piperazine rings is 1. The molecule has 3 rings (SSSR count). The lowest BCUT2D eigenvalue weighted by Crippen LogP contribution is -2.55. The summed E-state index contributed by atoms with van der Waals surface area (Å²) in [6.45, 7) is 6.41. The molecule has 0 bridgehead atoms. The maximum atomic E-state index is 12.4. The van der Waals surface area contributed by atoms with Crippen molar-refractivity contribution in [3.05, 3.63) is 35.9 Å². The summed E-state index contributed by atoms with van der Waals surface area (Å²) in [7, 11) is 0. The zero-order valence-corrected chi connectivity index (χ0v) is 15.6. The second-order valence-corrected chi connectivity index (χ2v) is 7.36. The van der Waals surface area contributed by atoms with Crippen LogP contribution in [0, 0.1) is 0 Å². The van der Waals surface area contributed by atoms with Crippen molar-refractivity contribution in [3.63, 3.8) is 0 Å². The van der Waals surface area contributed by atoms with Gasteiger partial charge < -0.3 is 10.6 Å². The number of carbonyl (C=O) groups excluding carboxylic acids is 2. The standard InChI is InChI=1S/C20H30N4O2/c1-16(20(26)21-10-9-17-5-3-2-4-6-17)24-13-11-23(12-14-24)15-19(25)22-18-7-8-18/h2-6,16,18H,7-15H2,1H3,(H,21,26)(H,22,25)/t16-/m1/s1. The zero-order chi connectivity index (χ0) is 18.4. The van der Waals surface area contributed by atoms with Gasteiger partial charge in [0.15, 0.2) is 0 Å². The van der Waals surface area contributed by atoms with Crippen LogP contribution in [0.5, 0.6) is 0 Å². The van der Waals surface area contributed by atoms with Crippen LogP contribution in [-0.2, 0) is 16.0 Å². The molecule has 1 aliphatic heterocycles. The van der Waals surface area contributed by atoms with Crippen molar-refractivity contribution in [1.29, 1.82) is 0 Å². The average molecular weight is 358 g/mol. The van der Waals surface area contributed by atoms with Crippen LogP contribution in [0.2, 0.25) is 0 Å². The number of rotatable bonds is 8. The van der Waals surface area contributed by atoms with E-state index < -0.39 is 0 Å². The number of amides is 2. The van der Waals surface area contributed by atoms with E-state index in [2.05, 4.69) is 32.6 Å². The first kappa shape index (κ1) is 18.9. The third-order valence-electron chi connectivity index (χ3n) is 5.20. The van der Waals surface area contributed by atoms with Crippen molar-refractivity contribution in [2.75, 3.05) is 39.3 Å². The topological polar surface area (TPSA) is 64.7 Å². The molecule has 142 valence electrons. The van der Waals surface area contributed by atoms with Gasteiger partial charge >= 0.3 is 0 Å². The quantitative estimate of drug-likeness (QED) is 0.715. The number of hydrogen-bond acceptors (Lipinski definition) is 4. The van der Waals surface area contributed by atoms with Gasteiger partial charge in [-0.05, 0) is 31.7 Å². The molecule has 2 amide bonds. The summed E-state index contributed by atoms with van der Waals surface area (Å²) in [6.07, 6.45) is 3.09. The van der Waals surface area contributed by atoms with Gasteiger partial charge in [0.25, 0.3) is 0 Å². The molecule has 1 saturated heterocycles. The molecule has 1 aromatic carbocycles. The Kier molecular flexibility index (Phi) is 6.63. The lowest BCUT2D eigenvalue weighted by Gasteiger charge is -2.37. The van der Waals surface area contributed by atoms with E-state index in [4.69, 9.17) is 0 Å². The molecule has 1 aliphatic carbocycles. The normalized spacial score (nSPS) is 19.7. The highest BCUT2D eigenvalue weighted by molar-refractivity contribution is 5.81. The highest BCUT2D eigenvalue weighted by Gasteiger charge is 2.28. The summed E-state index contributed by atoms with van der Waals surface area (Å²) in [5, 5.41) is 6.07. The van der Waals surface area contributed by atoms with Gasteiger partial charge in [0, 0.05) is 38.8 Å². The smallest absolute Gasteiger partial charge is 0.237 e. The Morgan fingerprint density at radius 3 is 2.46 bits per heavy atom. The van der Waals surface area contributed by atoms with Gasteiger partial charge in [0.1, 0.15) is 0 Å². The summed E-state index contributed by atoms with van der Waals surface area (Å²) >= 11 is 0. The summed E-state index contributed by atoms with van der Waals surface area (Å²) in [5.41, 5.74) is 1.23. The summed E-state index contributed by atoms with van der Waals surface area (Å²) in [6, 6.07) is 10.5. The maximum absolute atomic E-state index is 12.4. The fourth-order valence-electron chi connectivity index (χ4n) is 3.30. The fraction of sp³-hybridized carbons (Fsp3) is 0.600. The fourth-order valence-corrected chi connectivity index (χ4v) is 3.30. The highest BCUT2D eigenvalue weighted by Crippen LogP contribution is 2.18. The van der Waals surface area contributed by atoms with Crippen LogP contribution in [0.3, 0.4) is 0 Å². The number of hydrogen-bond donors (Lipinski definition) is 2. The summed E-state index contributed by atoms with van der Waals surface area (Å²) in [4.78, 5) is 28.7. The molecule has 26 heavy (non-hydrogen) atoms. The maximum Gasteiger partial charge on any atom is 0.237 e. The van der Waals surface area contributed by atoms with E-state index in [-0.39, 0.29) is 17.9 Å². The first-order valence-corrected chi connectivity index (χ1v) is 9.69. The van der Waals surface area contributed by atoms with E-state index in [0.29, 0.717) is 19.1 Å². The Morgan fingerprint density at radius 1 is 1.12 bits per heavy atom. The Hall–Kier alpha value is -1.92. The van der Waals surface area contributed by atoms with Crippen molar-refractivity contribution in [2.45, 2.75) is 38.3 Å². The molecule has 2 aliphatic rings. The predicted molar refractivity (Wildman–Crippen MR) is 102 cm³/mol. The molecule has 6 heteroatoms. The van der Waals surface area contributed by atoms with Gasteiger partial charge in [0.2, 0.25) is 11.8 Å². The van der Waals surface area contributed by atoms with Crippen molar-refractivity contribution in [2.24, 2.45) is 0 Å². The van der Waals surface area contributed by atoms with Crippen LogP contribution in [0.1, 0.15) is 25.3 Å². The van der Waals surface area contributed by atoms with Crippen LogP contribution in [0.25, 0.3) is 0 Å². The molecular weight excluding hydrogens is 328 g/mol. The number of nitrogens with one attached hydrogen (secondary N) is 2.